The van der Waals surface area contributed by atoms with Crippen molar-refractivity contribution in [2.75, 3.05) is 20.2 Å². The number of nitrogens with zero attached hydrogens (tertiary/aromatic N) is 1. The fourth-order valence-corrected chi connectivity index (χ4v) is 1.89. The van der Waals surface area contributed by atoms with E-state index < -0.39 is 0 Å². The van der Waals surface area contributed by atoms with Gasteiger partial charge in [0, 0.05) is 19.0 Å². The van der Waals surface area contributed by atoms with Gasteiger partial charge in [-0.05, 0) is 19.8 Å². The summed E-state index contributed by atoms with van der Waals surface area (Å²) in [4.78, 5) is 25.0. The highest BCUT2D eigenvalue weighted by Crippen LogP contribution is 2.28. The zero-order valence-electron chi connectivity index (χ0n) is 10.4. The minimum Gasteiger partial charge on any atom is -0.469 e. The lowest BCUT2D eigenvalue weighted by Crippen LogP contribution is -2.42. The standard InChI is InChI=1S/C12H21NO3/c1-4-13(8-9(2)12(15)16-3)11(14)10-6-5-7-10/h9-10H,4-8H2,1-3H3. The Morgan fingerprint density at radius 3 is 2.44 bits per heavy atom. The van der Waals surface area contributed by atoms with Crippen LogP contribution in [0.3, 0.4) is 0 Å². The zero-order chi connectivity index (χ0) is 12.1. The van der Waals surface area contributed by atoms with E-state index in [0.29, 0.717) is 13.1 Å². The van der Waals surface area contributed by atoms with Crippen LogP contribution in [0.15, 0.2) is 0 Å². The largest absolute Gasteiger partial charge is 0.469 e. The van der Waals surface area contributed by atoms with Gasteiger partial charge in [0.2, 0.25) is 5.91 Å². The molecule has 0 bridgehead atoms. The summed E-state index contributed by atoms with van der Waals surface area (Å²) in [6.45, 7) is 4.87. The molecule has 1 aliphatic carbocycles. The number of amides is 1. The Kier molecular flexibility index (Phi) is 4.77. The second kappa shape index (κ2) is 5.87. The molecule has 1 amide bonds. The SMILES string of the molecule is CCN(CC(C)C(=O)OC)C(=O)C1CCC1. The Bertz CT molecular complexity index is 261. The Morgan fingerprint density at radius 1 is 1.44 bits per heavy atom. The molecule has 92 valence electrons. The van der Waals surface area contributed by atoms with Crippen LogP contribution in [0.5, 0.6) is 0 Å². The van der Waals surface area contributed by atoms with Gasteiger partial charge in [0.05, 0.1) is 13.0 Å². The van der Waals surface area contributed by atoms with E-state index in [0.717, 1.165) is 19.3 Å². The summed E-state index contributed by atoms with van der Waals surface area (Å²) in [6, 6.07) is 0. The third-order valence-corrected chi connectivity index (χ3v) is 3.25. The normalized spacial score (nSPS) is 17.4. The van der Waals surface area contributed by atoms with Gasteiger partial charge in [0.25, 0.3) is 0 Å². The molecule has 1 aliphatic rings. The lowest BCUT2D eigenvalue weighted by molar-refractivity contribution is -0.147. The summed E-state index contributed by atoms with van der Waals surface area (Å²) in [5, 5.41) is 0. The molecule has 0 aromatic carbocycles. The number of rotatable bonds is 5. The van der Waals surface area contributed by atoms with Gasteiger partial charge >= 0.3 is 5.97 Å². The fraction of sp³-hybridized carbons (Fsp3) is 0.833. The van der Waals surface area contributed by atoms with Crippen LogP contribution in [-0.2, 0) is 14.3 Å². The number of carbonyl (C=O) groups excluding carboxylic acids is 2. The summed E-state index contributed by atoms with van der Waals surface area (Å²) < 4.78 is 4.66. The number of hydrogen-bond donors (Lipinski definition) is 0. The molecular weight excluding hydrogens is 206 g/mol. The first kappa shape index (κ1) is 13.0. The topological polar surface area (TPSA) is 46.6 Å². The first-order valence-electron chi connectivity index (χ1n) is 5.96. The van der Waals surface area contributed by atoms with Crippen molar-refractivity contribution < 1.29 is 14.3 Å². The van der Waals surface area contributed by atoms with Crippen molar-refractivity contribution in [1.82, 2.24) is 4.90 Å². The average molecular weight is 227 g/mol. The van der Waals surface area contributed by atoms with E-state index in [1.807, 2.05) is 6.92 Å². The van der Waals surface area contributed by atoms with Crippen LogP contribution in [0.25, 0.3) is 0 Å². The predicted molar refractivity (Wildman–Crippen MR) is 60.8 cm³/mol. The van der Waals surface area contributed by atoms with Crippen molar-refractivity contribution in [3.8, 4) is 0 Å². The van der Waals surface area contributed by atoms with Gasteiger partial charge in [-0.15, -0.1) is 0 Å². The van der Waals surface area contributed by atoms with Gasteiger partial charge in [-0.1, -0.05) is 13.3 Å². The maximum absolute atomic E-state index is 12.0. The van der Waals surface area contributed by atoms with Gasteiger partial charge in [0.1, 0.15) is 0 Å². The van der Waals surface area contributed by atoms with Gasteiger partial charge in [-0.2, -0.15) is 0 Å². The van der Waals surface area contributed by atoms with E-state index in [9.17, 15) is 9.59 Å². The van der Waals surface area contributed by atoms with E-state index >= 15 is 0 Å². The molecule has 1 fully saturated rings. The Morgan fingerprint density at radius 2 is 2.06 bits per heavy atom. The average Bonchev–Trinajstić information content (AvgIpc) is 2.21. The predicted octanol–water partition coefficient (Wildman–Crippen LogP) is 1.44. The molecular formula is C12H21NO3. The van der Waals surface area contributed by atoms with Gasteiger partial charge in [-0.3, -0.25) is 9.59 Å². The second-order valence-electron chi connectivity index (χ2n) is 4.43. The molecule has 1 rings (SSSR count). The van der Waals surface area contributed by atoms with Crippen LogP contribution in [-0.4, -0.2) is 37.0 Å². The van der Waals surface area contributed by atoms with Crippen LogP contribution in [0, 0.1) is 11.8 Å². The highest BCUT2D eigenvalue weighted by atomic mass is 16.5. The minimum atomic E-state index is -0.250. The van der Waals surface area contributed by atoms with Gasteiger partial charge < -0.3 is 9.64 Å². The van der Waals surface area contributed by atoms with Gasteiger partial charge in [-0.25, -0.2) is 0 Å². The van der Waals surface area contributed by atoms with Crippen molar-refractivity contribution in [2.24, 2.45) is 11.8 Å². The molecule has 4 nitrogen and oxygen atoms in total. The number of methoxy groups -OCH3 is 1. The molecule has 0 radical (unpaired) electrons. The number of ether oxygens (including phenoxy) is 1. The molecule has 1 saturated carbocycles. The van der Waals surface area contributed by atoms with E-state index in [-0.39, 0.29) is 23.7 Å². The van der Waals surface area contributed by atoms with Crippen molar-refractivity contribution in [2.45, 2.75) is 33.1 Å². The lowest BCUT2D eigenvalue weighted by atomic mass is 9.84. The number of esters is 1. The van der Waals surface area contributed by atoms with E-state index in [1.165, 1.54) is 7.11 Å². The number of carbonyl (C=O) groups is 2. The van der Waals surface area contributed by atoms with Crippen LogP contribution >= 0.6 is 0 Å². The maximum Gasteiger partial charge on any atom is 0.310 e. The van der Waals surface area contributed by atoms with Crippen LogP contribution in [0.1, 0.15) is 33.1 Å². The van der Waals surface area contributed by atoms with Gasteiger partial charge in [0.15, 0.2) is 0 Å². The van der Waals surface area contributed by atoms with Crippen molar-refractivity contribution in [1.29, 1.82) is 0 Å². The van der Waals surface area contributed by atoms with Crippen molar-refractivity contribution >= 4 is 11.9 Å². The highest BCUT2D eigenvalue weighted by Gasteiger charge is 2.30. The highest BCUT2D eigenvalue weighted by molar-refractivity contribution is 5.80. The third kappa shape index (κ3) is 2.97. The molecule has 4 heteroatoms. The lowest BCUT2D eigenvalue weighted by Gasteiger charge is -2.32. The molecule has 1 unspecified atom stereocenters. The third-order valence-electron chi connectivity index (χ3n) is 3.25. The minimum absolute atomic E-state index is 0.199. The summed E-state index contributed by atoms with van der Waals surface area (Å²) >= 11 is 0. The first-order chi connectivity index (χ1) is 7.60. The molecule has 0 spiro atoms. The molecule has 0 N–H and O–H groups in total. The van der Waals surface area contributed by atoms with E-state index in [2.05, 4.69) is 4.74 Å². The molecule has 0 aromatic rings. The van der Waals surface area contributed by atoms with E-state index in [1.54, 1.807) is 11.8 Å². The summed E-state index contributed by atoms with van der Waals surface area (Å²) in [5.74, 6) is -0.0943. The van der Waals surface area contributed by atoms with Crippen LogP contribution < -0.4 is 0 Å². The summed E-state index contributed by atoms with van der Waals surface area (Å²) in [6.07, 6.45) is 3.16. The molecule has 1 atom stereocenters. The molecule has 0 saturated heterocycles. The zero-order valence-corrected chi connectivity index (χ0v) is 10.4. The van der Waals surface area contributed by atoms with E-state index in [4.69, 9.17) is 0 Å². The maximum atomic E-state index is 12.0. The van der Waals surface area contributed by atoms with Crippen molar-refractivity contribution in [3.05, 3.63) is 0 Å². The first-order valence-corrected chi connectivity index (χ1v) is 5.96. The monoisotopic (exact) mass is 227 g/mol. The van der Waals surface area contributed by atoms with Crippen LogP contribution in [0.4, 0.5) is 0 Å². The Hall–Kier alpha value is -1.06. The summed E-state index contributed by atoms with van der Waals surface area (Å²) in [5.41, 5.74) is 0. The molecule has 0 aromatic heterocycles. The smallest absolute Gasteiger partial charge is 0.310 e. The number of hydrogen-bond acceptors (Lipinski definition) is 3. The van der Waals surface area contributed by atoms with Crippen LogP contribution in [0.2, 0.25) is 0 Å². The Balaban J connectivity index is 2.47. The molecule has 0 aliphatic heterocycles. The molecule has 0 heterocycles. The summed E-state index contributed by atoms with van der Waals surface area (Å²) in [7, 11) is 1.38. The van der Waals surface area contributed by atoms with Crippen molar-refractivity contribution in [3.63, 3.8) is 0 Å². The quantitative estimate of drug-likeness (QED) is 0.668. The second-order valence-corrected chi connectivity index (χ2v) is 4.43. The molecule has 16 heavy (non-hydrogen) atoms. The Labute approximate surface area is 96.9 Å². The fourth-order valence-electron chi connectivity index (χ4n) is 1.89.